The van der Waals surface area contributed by atoms with E-state index < -0.39 is 9.52 Å². The molecule has 0 aliphatic rings. The number of benzene rings is 6. The fraction of sp³-hybridized carbons (Fsp3) is 0.0930. The van der Waals surface area contributed by atoms with Crippen molar-refractivity contribution in [3.05, 3.63) is 211 Å². The van der Waals surface area contributed by atoms with Crippen LogP contribution >= 0.6 is 0 Å². The van der Waals surface area contributed by atoms with Gasteiger partial charge in [0.05, 0.1) is 21.0 Å². The Labute approximate surface area is 282 Å². The molecule has 0 saturated heterocycles. The highest BCUT2D eigenvalue weighted by molar-refractivity contribution is 6.95. The van der Waals surface area contributed by atoms with E-state index in [2.05, 4.69) is 206 Å². The van der Waals surface area contributed by atoms with E-state index in [1.165, 1.54) is 38.3 Å². The largest absolute Gasteiger partial charge is 0.326 e. The highest BCUT2D eigenvalue weighted by Crippen LogP contribution is 2.33. The molecule has 0 fully saturated rings. The second kappa shape index (κ2) is 15.4. The van der Waals surface area contributed by atoms with Gasteiger partial charge in [-0.15, -0.1) is 0 Å². The van der Waals surface area contributed by atoms with Crippen molar-refractivity contribution in [2.24, 2.45) is 0 Å². The summed E-state index contributed by atoms with van der Waals surface area (Å²) in [6.45, 7) is 4.83. The molecule has 0 bridgehead atoms. The topological polar surface area (TPSA) is 17.8 Å². The number of rotatable bonds is 9. The molecule has 0 atom stereocenters. The first-order valence-corrected chi connectivity index (χ1v) is 17.9. The molecular weight excluding hydrogens is 583 g/mol. The molecule has 230 valence electrons. The summed E-state index contributed by atoms with van der Waals surface area (Å²) < 4.78 is 2.31. The van der Waals surface area contributed by atoms with Crippen molar-refractivity contribution in [2.45, 2.75) is 24.9 Å². The smallest absolute Gasteiger partial charge is 0.241 e. The first-order chi connectivity index (χ1) is 23.1. The van der Waals surface area contributed by atoms with Crippen LogP contribution in [0.25, 0.3) is 0 Å². The molecule has 0 saturated carbocycles. The van der Waals surface area contributed by atoms with Crippen LogP contribution in [0.1, 0.15) is 36.5 Å². The number of hydrogen-bond acceptors (Lipinski definition) is 1. The minimum Gasteiger partial charge on any atom is -0.326 e. The Morgan fingerprint density at radius 2 is 1.00 bits per heavy atom. The van der Waals surface area contributed by atoms with E-state index in [0.717, 1.165) is 0 Å². The number of imidazole rings is 1. The van der Waals surface area contributed by atoms with Crippen LogP contribution in [-0.2, 0) is 5.16 Å². The fourth-order valence-electron chi connectivity index (χ4n) is 6.54. The van der Waals surface area contributed by atoms with Crippen LogP contribution in [0.5, 0.6) is 0 Å². The third kappa shape index (κ3) is 7.45. The Bertz CT molecular complexity index is 1780. The van der Waals surface area contributed by atoms with E-state index in [9.17, 15) is 0 Å². The quantitative estimate of drug-likeness (QED) is 0.169. The summed E-state index contributed by atoms with van der Waals surface area (Å²) in [5.41, 5.74) is 8.05. The van der Waals surface area contributed by atoms with Crippen LogP contribution in [0.3, 0.4) is 0 Å². The molecule has 0 radical (unpaired) electrons. The summed E-state index contributed by atoms with van der Waals surface area (Å²) in [7, 11) is -0.800. The predicted molar refractivity (Wildman–Crippen MR) is 204 cm³/mol. The van der Waals surface area contributed by atoms with Gasteiger partial charge in [-0.3, -0.25) is 0 Å². The molecule has 0 amide bonds. The molecule has 0 N–H and O–H groups in total. The standard InChI is InChI=1S/C25H26N2Si.C18H15B/c1-20(2)21-10-9-15-24(18-21)28-25(27-17-16-26-19-27,22-11-5-3-6-12-22)23-13-7-4-8-14-23;1-4-10-16(11-5-1)19(17-12-6-2-7-13-17)18-14-8-3-9-15-18/h3-20H,28H2,1-2H3;1-15H. The van der Waals surface area contributed by atoms with Crippen LogP contribution in [0.2, 0.25) is 0 Å². The highest BCUT2D eigenvalue weighted by atomic mass is 28.2. The predicted octanol–water partition coefficient (Wildman–Crippen LogP) is 6.45. The molecule has 7 rings (SSSR count). The van der Waals surface area contributed by atoms with Crippen LogP contribution < -0.4 is 21.6 Å². The zero-order valence-corrected chi connectivity index (χ0v) is 28.6. The lowest BCUT2D eigenvalue weighted by atomic mass is 9.37. The number of hydrogen-bond donors (Lipinski definition) is 0. The normalized spacial score (nSPS) is 11.3. The molecule has 0 unspecified atom stereocenters. The maximum atomic E-state index is 4.41. The van der Waals surface area contributed by atoms with Crippen LogP contribution in [-0.4, -0.2) is 25.8 Å². The SMILES string of the molecule is CC(C)c1cccc([SiH2]C(c2ccccc2)(c2ccccc2)n2ccnc2)c1.c1ccc(B(c2ccccc2)c2ccccc2)cc1. The van der Waals surface area contributed by atoms with E-state index in [0.29, 0.717) is 12.6 Å². The fourth-order valence-corrected chi connectivity index (χ4v) is 8.98. The van der Waals surface area contributed by atoms with Gasteiger partial charge in [0.1, 0.15) is 0 Å². The van der Waals surface area contributed by atoms with Gasteiger partial charge in [-0.05, 0) is 22.6 Å². The third-order valence-electron chi connectivity index (χ3n) is 8.92. The van der Waals surface area contributed by atoms with Gasteiger partial charge in [0.15, 0.2) is 0 Å². The summed E-state index contributed by atoms with van der Waals surface area (Å²) in [5.74, 6) is 0.532. The zero-order valence-electron chi connectivity index (χ0n) is 27.2. The Morgan fingerprint density at radius 1 is 0.553 bits per heavy atom. The summed E-state index contributed by atoms with van der Waals surface area (Å²) >= 11 is 0. The summed E-state index contributed by atoms with van der Waals surface area (Å²) in [6.07, 6.45) is 5.97. The lowest BCUT2D eigenvalue weighted by Crippen LogP contribution is -2.51. The van der Waals surface area contributed by atoms with Gasteiger partial charge in [0.2, 0.25) is 6.71 Å². The van der Waals surface area contributed by atoms with Gasteiger partial charge in [0.25, 0.3) is 0 Å². The van der Waals surface area contributed by atoms with Crippen molar-refractivity contribution in [1.82, 2.24) is 9.55 Å². The lowest BCUT2D eigenvalue weighted by Gasteiger charge is -2.37. The Kier molecular flexibility index (Phi) is 10.4. The van der Waals surface area contributed by atoms with Gasteiger partial charge in [-0.2, -0.15) is 0 Å². The number of aromatic nitrogens is 2. The Balaban J connectivity index is 0.000000177. The van der Waals surface area contributed by atoms with E-state index in [1.807, 2.05) is 12.5 Å². The van der Waals surface area contributed by atoms with Crippen molar-refractivity contribution in [2.75, 3.05) is 0 Å². The van der Waals surface area contributed by atoms with Crippen molar-refractivity contribution >= 4 is 37.8 Å². The molecule has 4 heteroatoms. The van der Waals surface area contributed by atoms with Gasteiger partial charge < -0.3 is 4.57 Å². The molecule has 0 spiro atoms. The monoisotopic (exact) mass is 624 g/mol. The molecular formula is C43H41BN2Si. The van der Waals surface area contributed by atoms with Crippen molar-refractivity contribution in [1.29, 1.82) is 0 Å². The minimum absolute atomic E-state index is 0.214. The van der Waals surface area contributed by atoms with Gasteiger partial charge in [0, 0.05) is 12.4 Å². The average molecular weight is 625 g/mol. The zero-order chi connectivity index (χ0) is 32.3. The Morgan fingerprint density at radius 3 is 1.40 bits per heavy atom. The molecule has 7 aromatic rings. The van der Waals surface area contributed by atoms with Crippen molar-refractivity contribution < 1.29 is 0 Å². The minimum atomic E-state index is -0.800. The van der Waals surface area contributed by atoms with E-state index in [-0.39, 0.29) is 5.16 Å². The van der Waals surface area contributed by atoms with Crippen LogP contribution in [0.15, 0.2) is 195 Å². The second-order valence-electron chi connectivity index (χ2n) is 12.3. The molecule has 6 aromatic carbocycles. The van der Waals surface area contributed by atoms with Crippen molar-refractivity contribution in [3.63, 3.8) is 0 Å². The maximum Gasteiger partial charge on any atom is 0.241 e. The first-order valence-electron chi connectivity index (χ1n) is 16.5. The van der Waals surface area contributed by atoms with E-state index in [4.69, 9.17) is 0 Å². The molecule has 47 heavy (non-hydrogen) atoms. The van der Waals surface area contributed by atoms with E-state index >= 15 is 0 Å². The summed E-state index contributed by atoms with van der Waals surface area (Å²) in [6, 6.07) is 63.0. The average Bonchev–Trinajstić information content (AvgIpc) is 3.69. The lowest BCUT2D eigenvalue weighted by molar-refractivity contribution is 0.596. The number of nitrogens with zero attached hydrogens (tertiary/aromatic N) is 2. The summed E-state index contributed by atoms with van der Waals surface area (Å²) in [5, 5.41) is 1.25. The maximum absolute atomic E-state index is 4.41. The van der Waals surface area contributed by atoms with Gasteiger partial charge in [-0.25, -0.2) is 4.98 Å². The molecule has 0 aliphatic heterocycles. The molecule has 1 heterocycles. The highest BCUT2D eigenvalue weighted by Gasteiger charge is 2.36. The molecule has 1 aromatic heterocycles. The van der Waals surface area contributed by atoms with Gasteiger partial charge >= 0.3 is 0 Å². The second-order valence-corrected chi connectivity index (χ2v) is 14.5. The summed E-state index contributed by atoms with van der Waals surface area (Å²) in [4.78, 5) is 4.41. The van der Waals surface area contributed by atoms with Gasteiger partial charge in [-0.1, -0.05) is 211 Å². The van der Waals surface area contributed by atoms with Crippen LogP contribution in [0, 0.1) is 0 Å². The first kappa shape index (κ1) is 31.8. The Hall–Kier alpha value is -5.19. The molecule has 2 nitrogen and oxygen atoms in total. The van der Waals surface area contributed by atoms with Crippen LogP contribution in [0.4, 0.5) is 0 Å². The van der Waals surface area contributed by atoms with E-state index in [1.54, 1.807) is 0 Å². The molecule has 0 aliphatic carbocycles. The van der Waals surface area contributed by atoms with Crippen molar-refractivity contribution in [3.8, 4) is 0 Å². The third-order valence-corrected chi connectivity index (χ3v) is 11.5.